The lowest BCUT2D eigenvalue weighted by molar-refractivity contribution is 0.312. The molecule has 0 amide bonds. The van der Waals surface area contributed by atoms with E-state index in [1.165, 1.54) is 5.56 Å². The predicted molar refractivity (Wildman–Crippen MR) is 78.5 cm³/mol. The van der Waals surface area contributed by atoms with Crippen LogP contribution in [0, 0.1) is 0 Å². The van der Waals surface area contributed by atoms with Crippen LogP contribution in [0.3, 0.4) is 0 Å². The van der Waals surface area contributed by atoms with Crippen molar-refractivity contribution in [2.75, 3.05) is 13.2 Å². The van der Waals surface area contributed by atoms with E-state index >= 15 is 0 Å². The molecule has 18 heavy (non-hydrogen) atoms. The normalized spacial score (nSPS) is 12.2. The van der Waals surface area contributed by atoms with Gasteiger partial charge in [-0.1, -0.05) is 30.7 Å². The molecule has 0 aliphatic carbocycles. The highest BCUT2D eigenvalue weighted by Crippen LogP contribution is 2.28. The Hall–Kier alpha value is -0.990. The number of nitrogens with one attached hydrogen (secondary N) is 1. The molecule has 0 saturated carbocycles. The van der Waals surface area contributed by atoms with Crippen LogP contribution in [0.4, 0.5) is 0 Å². The van der Waals surface area contributed by atoms with Crippen LogP contribution in [0.25, 0.3) is 0 Å². The van der Waals surface area contributed by atoms with Gasteiger partial charge in [0, 0.05) is 6.04 Å². The van der Waals surface area contributed by atoms with Crippen molar-refractivity contribution in [1.29, 1.82) is 0 Å². The molecule has 1 N–H and O–H groups in total. The molecular weight excluding hydrogens is 246 g/mol. The molecule has 1 aromatic carbocycles. The van der Waals surface area contributed by atoms with E-state index in [-0.39, 0.29) is 0 Å². The molecule has 0 radical (unpaired) electrons. The molecule has 0 heterocycles. The van der Waals surface area contributed by atoms with Crippen molar-refractivity contribution in [2.24, 2.45) is 0 Å². The van der Waals surface area contributed by atoms with Gasteiger partial charge in [-0.25, -0.2) is 0 Å². The molecule has 1 aromatic rings. The predicted octanol–water partition coefficient (Wildman–Crippen LogP) is 4.36. The van der Waals surface area contributed by atoms with E-state index in [0.717, 1.165) is 25.1 Å². The van der Waals surface area contributed by atoms with Crippen LogP contribution in [-0.2, 0) is 0 Å². The second-order valence-corrected chi connectivity index (χ2v) is 4.66. The van der Waals surface area contributed by atoms with E-state index in [4.69, 9.17) is 16.3 Å². The van der Waals surface area contributed by atoms with E-state index in [1.54, 1.807) is 0 Å². The van der Waals surface area contributed by atoms with Crippen molar-refractivity contribution in [3.05, 3.63) is 41.4 Å². The Bertz CT molecular complexity index is 379. The molecule has 100 valence electrons. The van der Waals surface area contributed by atoms with E-state index in [0.29, 0.717) is 17.7 Å². The first kappa shape index (κ1) is 15.1. The molecule has 0 bridgehead atoms. The number of hydrogen-bond acceptors (Lipinski definition) is 2. The summed E-state index contributed by atoms with van der Waals surface area (Å²) >= 11 is 6.21. The average Bonchev–Trinajstić information content (AvgIpc) is 2.36. The Morgan fingerprint density at radius 1 is 1.50 bits per heavy atom. The highest BCUT2D eigenvalue weighted by Gasteiger charge is 2.07. The molecule has 0 spiro atoms. The summed E-state index contributed by atoms with van der Waals surface area (Å²) in [6.07, 6.45) is 3.83. The lowest BCUT2D eigenvalue weighted by Crippen LogP contribution is -2.17. The Balaban J connectivity index is 2.59. The SMILES string of the molecule is C=CCCCOc1ccc(C(C)NCC)cc1Cl. The summed E-state index contributed by atoms with van der Waals surface area (Å²) in [4.78, 5) is 0. The topological polar surface area (TPSA) is 21.3 Å². The maximum absolute atomic E-state index is 6.21. The second kappa shape index (κ2) is 8.17. The van der Waals surface area contributed by atoms with Crippen LogP contribution in [0.1, 0.15) is 38.3 Å². The summed E-state index contributed by atoms with van der Waals surface area (Å²) in [6, 6.07) is 6.28. The Kier molecular flexibility index (Phi) is 6.84. The zero-order valence-electron chi connectivity index (χ0n) is 11.2. The zero-order valence-corrected chi connectivity index (χ0v) is 12.0. The van der Waals surface area contributed by atoms with Gasteiger partial charge >= 0.3 is 0 Å². The van der Waals surface area contributed by atoms with Gasteiger partial charge in [-0.2, -0.15) is 0 Å². The maximum Gasteiger partial charge on any atom is 0.137 e. The van der Waals surface area contributed by atoms with E-state index in [9.17, 15) is 0 Å². The number of unbranched alkanes of at least 4 members (excludes halogenated alkanes) is 1. The van der Waals surface area contributed by atoms with Gasteiger partial charge in [0.2, 0.25) is 0 Å². The average molecular weight is 268 g/mol. The molecule has 0 fully saturated rings. The van der Waals surface area contributed by atoms with Crippen molar-refractivity contribution in [1.82, 2.24) is 5.32 Å². The Morgan fingerprint density at radius 2 is 2.28 bits per heavy atom. The Labute approximate surface area is 115 Å². The summed E-state index contributed by atoms with van der Waals surface area (Å²) in [5, 5.41) is 4.03. The molecule has 1 atom stereocenters. The molecule has 0 aliphatic rings. The number of rotatable bonds is 8. The molecule has 0 aliphatic heterocycles. The van der Waals surface area contributed by atoms with E-state index in [1.807, 2.05) is 18.2 Å². The summed E-state index contributed by atoms with van der Waals surface area (Å²) in [7, 11) is 0. The first-order valence-electron chi connectivity index (χ1n) is 6.45. The van der Waals surface area contributed by atoms with Crippen LogP contribution in [-0.4, -0.2) is 13.2 Å². The number of benzene rings is 1. The van der Waals surface area contributed by atoms with Crippen LogP contribution >= 0.6 is 11.6 Å². The van der Waals surface area contributed by atoms with Crippen LogP contribution in [0.15, 0.2) is 30.9 Å². The first-order valence-corrected chi connectivity index (χ1v) is 6.83. The monoisotopic (exact) mass is 267 g/mol. The highest BCUT2D eigenvalue weighted by atomic mass is 35.5. The zero-order chi connectivity index (χ0) is 13.4. The highest BCUT2D eigenvalue weighted by molar-refractivity contribution is 6.32. The van der Waals surface area contributed by atoms with Gasteiger partial charge in [0.25, 0.3) is 0 Å². The fourth-order valence-electron chi connectivity index (χ4n) is 1.74. The van der Waals surface area contributed by atoms with E-state index < -0.39 is 0 Å². The van der Waals surface area contributed by atoms with Gasteiger partial charge in [-0.05, 0) is 44.0 Å². The molecular formula is C15H22ClNO. The lowest BCUT2D eigenvalue weighted by atomic mass is 10.1. The third-order valence-electron chi connectivity index (χ3n) is 2.78. The van der Waals surface area contributed by atoms with Gasteiger partial charge in [0.1, 0.15) is 5.75 Å². The third kappa shape index (κ3) is 4.71. The number of allylic oxidation sites excluding steroid dienone is 1. The first-order chi connectivity index (χ1) is 8.69. The van der Waals surface area contributed by atoms with Gasteiger partial charge in [0.05, 0.1) is 11.6 Å². The third-order valence-corrected chi connectivity index (χ3v) is 3.07. The molecule has 1 unspecified atom stereocenters. The fraction of sp³-hybridized carbons (Fsp3) is 0.467. The number of hydrogen-bond donors (Lipinski definition) is 1. The van der Waals surface area contributed by atoms with Crippen molar-refractivity contribution in [3.8, 4) is 5.75 Å². The largest absolute Gasteiger partial charge is 0.492 e. The Morgan fingerprint density at radius 3 is 2.89 bits per heavy atom. The summed E-state index contributed by atoms with van der Waals surface area (Å²) in [5.41, 5.74) is 1.18. The molecule has 1 rings (SSSR count). The maximum atomic E-state index is 6.21. The molecule has 2 nitrogen and oxygen atoms in total. The summed E-state index contributed by atoms with van der Waals surface area (Å²) in [5.74, 6) is 0.758. The second-order valence-electron chi connectivity index (χ2n) is 4.25. The molecule has 0 aromatic heterocycles. The van der Waals surface area contributed by atoms with Gasteiger partial charge in [-0.3, -0.25) is 0 Å². The van der Waals surface area contributed by atoms with Crippen LogP contribution < -0.4 is 10.1 Å². The quantitative estimate of drug-likeness (QED) is 0.558. The van der Waals surface area contributed by atoms with Gasteiger partial charge in [-0.15, -0.1) is 6.58 Å². The van der Waals surface area contributed by atoms with Crippen molar-refractivity contribution in [2.45, 2.75) is 32.7 Å². The standard InChI is InChI=1S/C15H22ClNO/c1-4-6-7-10-18-15-9-8-13(11-14(15)16)12(3)17-5-2/h4,8-9,11-12,17H,1,5-7,10H2,2-3H3. The fourth-order valence-corrected chi connectivity index (χ4v) is 1.98. The minimum atomic E-state index is 0.308. The van der Waals surface area contributed by atoms with E-state index in [2.05, 4.69) is 31.8 Å². The van der Waals surface area contributed by atoms with Crippen molar-refractivity contribution >= 4 is 11.6 Å². The summed E-state index contributed by atoms with van der Waals surface area (Å²) < 4.78 is 5.63. The lowest BCUT2D eigenvalue weighted by Gasteiger charge is -2.14. The molecule has 0 saturated heterocycles. The van der Waals surface area contributed by atoms with Crippen LogP contribution in [0.2, 0.25) is 5.02 Å². The number of ether oxygens (including phenoxy) is 1. The minimum absolute atomic E-state index is 0.308. The van der Waals surface area contributed by atoms with Crippen molar-refractivity contribution in [3.63, 3.8) is 0 Å². The van der Waals surface area contributed by atoms with Crippen molar-refractivity contribution < 1.29 is 4.74 Å². The summed E-state index contributed by atoms with van der Waals surface area (Å²) in [6.45, 7) is 9.52. The smallest absolute Gasteiger partial charge is 0.137 e. The minimum Gasteiger partial charge on any atom is -0.492 e. The molecule has 3 heteroatoms. The number of halogens is 1. The van der Waals surface area contributed by atoms with Gasteiger partial charge < -0.3 is 10.1 Å². The van der Waals surface area contributed by atoms with Crippen LogP contribution in [0.5, 0.6) is 5.75 Å². The van der Waals surface area contributed by atoms with Gasteiger partial charge in [0.15, 0.2) is 0 Å².